The number of aliphatic hydroxyl groups excluding tert-OH is 2. The Balaban J connectivity index is 1.70. The zero-order valence-corrected chi connectivity index (χ0v) is 40.5. The smallest absolute Gasteiger partial charge is 0.329 e. The number of piperidine rings is 1. The van der Waals surface area contributed by atoms with Gasteiger partial charge in [0.1, 0.15) is 30.1 Å². The van der Waals surface area contributed by atoms with Crippen molar-refractivity contribution in [3.05, 3.63) is 47.6 Å². The van der Waals surface area contributed by atoms with Gasteiger partial charge in [-0.1, -0.05) is 71.1 Å². The maximum absolute atomic E-state index is 17.1. The number of allylic oxidation sites excluding steroid dienone is 6. The fourth-order valence-corrected chi connectivity index (χ4v) is 10.1. The van der Waals surface area contributed by atoms with Gasteiger partial charge in [-0.05, 0) is 107 Å². The van der Waals surface area contributed by atoms with Crippen molar-refractivity contribution in [2.24, 2.45) is 35.5 Å². The molecule has 2 saturated heterocycles. The van der Waals surface area contributed by atoms with Gasteiger partial charge in [0.25, 0.3) is 17.5 Å². The molecule has 0 aromatic heterocycles. The normalized spacial score (nSPS) is 40.4. The molecular weight excluding hydrogens is 838 g/mol. The Kier molecular flexibility index (Phi) is 20.9. The first-order chi connectivity index (χ1) is 30.7. The number of cyclic esters (lactones) is 1. The molecule has 3 heterocycles. The van der Waals surface area contributed by atoms with Crippen LogP contribution in [-0.2, 0) is 47.7 Å². The highest BCUT2D eigenvalue weighted by Gasteiger charge is 2.55. The molecule has 0 radical (unpaired) electrons. The minimum atomic E-state index is -2.93. The number of ketones is 3. The third-order valence-corrected chi connectivity index (χ3v) is 14.4. The minimum Gasteiger partial charge on any atom is -0.460 e. The molecule has 8 unspecified atom stereocenters. The molecule has 4 aliphatic rings. The quantitative estimate of drug-likeness (QED) is 0.157. The molecule has 1 amide bonds. The van der Waals surface area contributed by atoms with E-state index in [-0.39, 0.29) is 67.7 Å². The van der Waals surface area contributed by atoms with E-state index in [0.717, 1.165) is 10.5 Å². The van der Waals surface area contributed by atoms with Crippen molar-refractivity contribution in [2.75, 3.05) is 27.9 Å². The highest BCUT2D eigenvalue weighted by atomic mass is 19.2. The summed E-state index contributed by atoms with van der Waals surface area (Å²) in [6.07, 6.45) is 10.3. The number of hydrogen-bond acceptors (Lipinski definition) is 12. The second kappa shape index (κ2) is 25.1. The monoisotopic (exact) mass is 916 g/mol. The number of Topliss-reactive ketones (excluding diaryl/α,β-unsaturated/α-hetero) is 3. The van der Waals surface area contributed by atoms with E-state index in [2.05, 4.69) is 0 Å². The van der Waals surface area contributed by atoms with Crippen LogP contribution in [0.2, 0.25) is 0 Å². The van der Waals surface area contributed by atoms with Crippen molar-refractivity contribution >= 4 is 29.2 Å². The van der Waals surface area contributed by atoms with Crippen molar-refractivity contribution in [2.45, 2.75) is 180 Å². The van der Waals surface area contributed by atoms with Gasteiger partial charge in [0, 0.05) is 58.5 Å². The maximum Gasteiger partial charge on any atom is 0.329 e. The van der Waals surface area contributed by atoms with Crippen LogP contribution in [-0.4, -0.2) is 127 Å². The number of hydrogen-bond donors (Lipinski definition) is 2. The molecule has 3 fully saturated rings. The highest BCUT2D eigenvalue weighted by Crippen LogP contribution is 2.40. The first-order valence-corrected chi connectivity index (χ1v) is 23.9. The number of halogens is 1. The molecule has 15 atom stereocenters. The standard InChI is InChI=1S/C51H78FNO12/c1-30-16-12-11-13-17-31(2)42(61-8)28-38-21-19-36(7)51(52,65-38)48(58)49(59)53-23-15-14-18-39(53)50(60)64-43(33(4)26-37-20-22-40(54)44(27-37)62-9)29-41(55)32(3)25-35(6)46(57)47(63-10)45(56)34(5)24-30/h11-13,16-17,25,30,32-34,36-40,42-44,46-47,54,57H,14-15,18-24,26-29H2,1-10H3/b13-11+,16-12+,31-17+,35-25+/t30-,32-,33-,34?,36?,37?,38?,39?,40-,42+,43+,44?,46?,47+,51?/m1/s1. The van der Waals surface area contributed by atoms with Crippen LogP contribution in [0.15, 0.2) is 47.6 Å². The zero-order valence-electron chi connectivity index (χ0n) is 40.5. The largest absolute Gasteiger partial charge is 0.460 e. The molecular formula is C51H78FNO12. The van der Waals surface area contributed by atoms with E-state index < -0.39 is 83.9 Å². The number of fused-ring (bicyclic) bond motifs is 3. The van der Waals surface area contributed by atoms with Crippen LogP contribution >= 0.6 is 0 Å². The van der Waals surface area contributed by atoms with Crippen molar-refractivity contribution in [1.29, 1.82) is 0 Å². The number of aliphatic hydroxyl groups is 2. The first kappa shape index (κ1) is 54.2. The van der Waals surface area contributed by atoms with Crippen molar-refractivity contribution in [3.63, 3.8) is 0 Å². The fourth-order valence-electron chi connectivity index (χ4n) is 10.1. The van der Waals surface area contributed by atoms with Crippen LogP contribution in [0.1, 0.15) is 126 Å². The topological polar surface area (TPSA) is 175 Å². The summed E-state index contributed by atoms with van der Waals surface area (Å²) in [7, 11) is 4.47. The molecule has 14 heteroatoms. The second-order valence-corrected chi connectivity index (χ2v) is 19.5. The number of nitrogens with zero attached hydrogens (tertiary/aromatic N) is 1. The number of methoxy groups -OCH3 is 3. The van der Waals surface area contributed by atoms with E-state index in [9.17, 15) is 34.2 Å². The first-order valence-electron chi connectivity index (χ1n) is 23.9. The maximum atomic E-state index is 17.1. The molecule has 1 aliphatic carbocycles. The SMILES string of the molecule is COC1CC(C[C@@H](C)[C@@H]2CC(=O)[C@H](C)/C=C(\C)C(O)[C@@H](OC)C(=O)C(C)C[C@H](C)/C=C/C=C/C=C(\C)[C@@H](OC)CC3CCC(C)C(F)(O3)C(=O)C(=O)N3CCCCC3C(=O)O2)CC[C@H]1O. The van der Waals surface area contributed by atoms with Crippen molar-refractivity contribution in [3.8, 4) is 0 Å². The zero-order chi connectivity index (χ0) is 48.2. The van der Waals surface area contributed by atoms with Gasteiger partial charge in [-0.2, -0.15) is 0 Å². The lowest BCUT2D eigenvalue weighted by molar-refractivity contribution is -0.231. The van der Waals surface area contributed by atoms with Crippen LogP contribution in [0.5, 0.6) is 0 Å². The summed E-state index contributed by atoms with van der Waals surface area (Å²) >= 11 is 0. The third kappa shape index (κ3) is 14.3. The molecule has 65 heavy (non-hydrogen) atoms. The van der Waals surface area contributed by atoms with E-state index in [1.54, 1.807) is 48.0 Å². The van der Waals surface area contributed by atoms with Crippen LogP contribution in [0.4, 0.5) is 4.39 Å². The molecule has 0 spiro atoms. The van der Waals surface area contributed by atoms with Gasteiger partial charge in [-0.25, -0.2) is 9.18 Å². The van der Waals surface area contributed by atoms with Crippen molar-refractivity contribution < 1.29 is 62.3 Å². The lowest BCUT2D eigenvalue weighted by Gasteiger charge is -2.41. The number of alkyl halides is 1. The number of carbonyl (C=O) groups is 5. The third-order valence-electron chi connectivity index (χ3n) is 14.4. The van der Waals surface area contributed by atoms with E-state index in [4.69, 9.17) is 23.7 Å². The molecule has 366 valence electrons. The Labute approximate surface area is 386 Å². The summed E-state index contributed by atoms with van der Waals surface area (Å²) in [4.78, 5) is 71.4. The summed E-state index contributed by atoms with van der Waals surface area (Å²) < 4.78 is 46.1. The summed E-state index contributed by atoms with van der Waals surface area (Å²) in [5, 5.41) is 21.9. The molecule has 1 saturated carbocycles. The average Bonchev–Trinajstić information content (AvgIpc) is 3.28. The van der Waals surface area contributed by atoms with Gasteiger partial charge < -0.3 is 38.8 Å². The van der Waals surface area contributed by atoms with E-state index >= 15 is 4.39 Å². The number of esters is 1. The summed E-state index contributed by atoms with van der Waals surface area (Å²) in [5.41, 5.74) is 1.22. The lowest BCUT2D eigenvalue weighted by atomic mass is 9.78. The molecule has 3 aliphatic heterocycles. The number of rotatable bonds is 6. The van der Waals surface area contributed by atoms with E-state index in [0.29, 0.717) is 56.9 Å². The van der Waals surface area contributed by atoms with Crippen molar-refractivity contribution in [1.82, 2.24) is 4.90 Å². The van der Waals surface area contributed by atoms with Gasteiger partial charge in [0.2, 0.25) is 0 Å². The Bertz CT molecular complexity index is 1760. The van der Waals surface area contributed by atoms with E-state index in [1.807, 2.05) is 51.2 Å². The van der Waals surface area contributed by atoms with Gasteiger partial charge in [0.05, 0.1) is 24.4 Å². The predicted octanol–water partition coefficient (Wildman–Crippen LogP) is 7.16. The molecule has 2 bridgehead atoms. The summed E-state index contributed by atoms with van der Waals surface area (Å²) in [5.74, 6) is -9.16. The minimum absolute atomic E-state index is 0.00748. The Morgan fingerprint density at radius 3 is 2.26 bits per heavy atom. The number of ether oxygens (including phenoxy) is 5. The predicted molar refractivity (Wildman–Crippen MR) is 244 cm³/mol. The molecule has 0 aromatic carbocycles. The Morgan fingerprint density at radius 1 is 0.862 bits per heavy atom. The van der Waals surface area contributed by atoms with Crippen LogP contribution < -0.4 is 0 Å². The van der Waals surface area contributed by atoms with Crippen LogP contribution in [0.25, 0.3) is 0 Å². The molecule has 13 nitrogen and oxygen atoms in total. The van der Waals surface area contributed by atoms with Gasteiger partial charge >= 0.3 is 5.97 Å². The molecule has 4 rings (SSSR count). The van der Waals surface area contributed by atoms with Gasteiger partial charge in [0.15, 0.2) is 5.78 Å². The summed E-state index contributed by atoms with van der Waals surface area (Å²) in [6.45, 7) is 12.5. The van der Waals surface area contributed by atoms with Crippen LogP contribution in [0, 0.1) is 35.5 Å². The number of amides is 1. The lowest BCUT2D eigenvalue weighted by Crippen LogP contribution is -2.59. The van der Waals surface area contributed by atoms with Crippen LogP contribution in [0.3, 0.4) is 0 Å². The number of carbonyl (C=O) groups excluding carboxylic acids is 5. The fraction of sp³-hybridized carbons (Fsp3) is 0.745. The van der Waals surface area contributed by atoms with E-state index in [1.165, 1.54) is 7.11 Å². The van der Waals surface area contributed by atoms with Gasteiger partial charge in [-0.15, -0.1) is 0 Å². The molecule has 0 aromatic rings. The average molecular weight is 916 g/mol. The summed E-state index contributed by atoms with van der Waals surface area (Å²) in [6, 6.07) is -1.20. The highest BCUT2D eigenvalue weighted by molar-refractivity contribution is 6.39. The Morgan fingerprint density at radius 2 is 1.58 bits per heavy atom. The Hall–Kier alpha value is -3.40. The van der Waals surface area contributed by atoms with Gasteiger partial charge in [-0.3, -0.25) is 19.2 Å². The second-order valence-electron chi connectivity index (χ2n) is 19.5. The molecule has 2 N–H and O–H groups in total.